The summed E-state index contributed by atoms with van der Waals surface area (Å²) in [5.41, 5.74) is 3.24. The minimum Gasteiger partial charge on any atom is -0.322 e. The number of anilines is 1. The molecule has 0 radical (unpaired) electrons. The van der Waals surface area contributed by atoms with Gasteiger partial charge in [0.25, 0.3) is 5.91 Å². The van der Waals surface area contributed by atoms with Crippen LogP contribution in [0.5, 0.6) is 0 Å². The van der Waals surface area contributed by atoms with Crippen LogP contribution in [0.15, 0.2) is 40.9 Å². The Hall–Kier alpha value is -1.68. The lowest BCUT2D eigenvalue weighted by Gasteiger charge is -2.09. The SMILES string of the molecule is Cc1ccc(C)c(NC(=O)c2ccc(F)c(Br)c2)c1. The summed E-state index contributed by atoms with van der Waals surface area (Å²) in [5, 5.41) is 2.83. The highest BCUT2D eigenvalue weighted by atomic mass is 79.9. The van der Waals surface area contributed by atoms with Crippen molar-refractivity contribution >= 4 is 27.5 Å². The van der Waals surface area contributed by atoms with Crippen LogP contribution in [-0.4, -0.2) is 5.91 Å². The summed E-state index contributed by atoms with van der Waals surface area (Å²) < 4.78 is 13.4. The molecular weight excluding hydrogens is 309 g/mol. The van der Waals surface area contributed by atoms with Crippen molar-refractivity contribution in [1.29, 1.82) is 0 Å². The summed E-state index contributed by atoms with van der Waals surface area (Å²) in [5.74, 6) is -0.641. The van der Waals surface area contributed by atoms with Gasteiger partial charge in [0.1, 0.15) is 5.82 Å². The molecule has 98 valence electrons. The van der Waals surface area contributed by atoms with Crippen LogP contribution in [0.2, 0.25) is 0 Å². The predicted octanol–water partition coefficient (Wildman–Crippen LogP) is 4.46. The Balaban J connectivity index is 2.25. The van der Waals surface area contributed by atoms with Gasteiger partial charge in [-0.3, -0.25) is 4.79 Å². The summed E-state index contributed by atoms with van der Waals surface area (Å²) in [6.45, 7) is 3.89. The lowest BCUT2D eigenvalue weighted by molar-refractivity contribution is 0.102. The molecular formula is C15H13BrFNO. The maximum Gasteiger partial charge on any atom is 0.255 e. The number of hydrogen-bond donors (Lipinski definition) is 1. The second-order valence-corrected chi connectivity index (χ2v) is 5.26. The molecule has 0 unspecified atom stereocenters. The zero-order valence-corrected chi connectivity index (χ0v) is 12.2. The Bertz CT molecular complexity index is 640. The average molecular weight is 322 g/mol. The molecule has 0 aliphatic carbocycles. The Labute approximate surface area is 119 Å². The second-order valence-electron chi connectivity index (χ2n) is 4.40. The second kappa shape index (κ2) is 5.53. The fraction of sp³-hybridized carbons (Fsp3) is 0.133. The van der Waals surface area contributed by atoms with Crippen LogP contribution in [0.1, 0.15) is 21.5 Å². The van der Waals surface area contributed by atoms with Crippen molar-refractivity contribution < 1.29 is 9.18 Å². The van der Waals surface area contributed by atoms with Crippen molar-refractivity contribution in [2.45, 2.75) is 13.8 Å². The first-order chi connectivity index (χ1) is 8.97. The summed E-state index contributed by atoms with van der Waals surface area (Å²) >= 11 is 3.07. The smallest absolute Gasteiger partial charge is 0.255 e. The molecule has 19 heavy (non-hydrogen) atoms. The van der Waals surface area contributed by atoms with Crippen molar-refractivity contribution in [2.75, 3.05) is 5.32 Å². The Kier molecular flexibility index (Phi) is 4.00. The van der Waals surface area contributed by atoms with Crippen LogP contribution in [0.3, 0.4) is 0 Å². The van der Waals surface area contributed by atoms with Crippen molar-refractivity contribution in [3.8, 4) is 0 Å². The summed E-state index contributed by atoms with van der Waals surface area (Å²) in [6.07, 6.45) is 0. The first kappa shape index (κ1) is 13.7. The van der Waals surface area contributed by atoms with E-state index in [2.05, 4.69) is 21.2 Å². The van der Waals surface area contributed by atoms with Gasteiger partial charge >= 0.3 is 0 Å². The average Bonchev–Trinajstić information content (AvgIpc) is 2.37. The van der Waals surface area contributed by atoms with Gasteiger partial charge in [-0.05, 0) is 65.2 Å². The van der Waals surface area contributed by atoms with E-state index in [1.807, 2.05) is 32.0 Å². The molecule has 0 fully saturated rings. The van der Waals surface area contributed by atoms with E-state index in [4.69, 9.17) is 0 Å². The van der Waals surface area contributed by atoms with Gasteiger partial charge in [-0.15, -0.1) is 0 Å². The topological polar surface area (TPSA) is 29.1 Å². The van der Waals surface area contributed by atoms with Gasteiger partial charge in [-0.2, -0.15) is 0 Å². The third kappa shape index (κ3) is 3.20. The fourth-order valence-electron chi connectivity index (χ4n) is 1.70. The van der Waals surface area contributed by atoms with E-state index in [1.165, 1.54) is 18.2 Å². The number of aryl methyl sites for hydroxylation is 2. The third-order valence-corrected chi connectivity index (χ3v) is 3.43. The molecule has 2 nitrogen and oxygen atoms in total. The van der Waals surface area contributed by atoms with Gasteiger partial charge in [0, 0.05) is 11.3 Å². The van der Waals surface area contributed by atoms with Gasteiger partial charge in [0.15, 0.2) is 0 Å². The molecule has 0 saturated carbocycles. The van der Waals surface area contributed by atoms with E-state index in [1.54, 1.807) is 0 Å². The van der Waals surface area contributed by atoms with Crippen molar-refractivity contribution in [1.82, 2.24) is 0 Å². The fourth-order valence-corrected chi connectivity index (χ4v) is 2.08. The van der Waals surface area contributed by atoms with Gasteiger partial charge in [0.2, 0.25) is 0 Å². The Morgan fingerprint density at radius 2 is 1.89 bits per heavy atom. The standard InChI is InChI=1S/C15H13BrFNO/c1-9-3-4-10(2)14(7-9)18-15(19)11-5-6-13(17)12(16)8-11/h3-8H,1-2H3,(H,18,19). The molecule has 0 aromatic heterocycles. The van der Waals surface area contributed by atoms with E-state index in [0.29, 0.717) is 5.56 Å². The van der Waals surface area contributed by atoms with Crippen LogP contribution in [0.25, 0.3) is 0 Å². The molecule has 0 atom stereocenters. The van der Waals surface area contributed by atoms with Crippen LogP contribution in [0.4, 0.5) is 10.1 Å². The number of nitrogens with one attached hydrogen (secondary N) is 1. The molecule has 1 N–H and O–H groups in total. The largest absolute Gasteiger partial charge is 0.322 e. The highest BCUT2D eigenvalue weighted by Gasteiger charge is 2.10. The monoisotopic (exact) mass is 321 g/mol. The zero-order chi connectivity index (χ0) is 14.0. The van der Waals surface area contributed by atoms with Crippen LogP contribution in [-0.2, 0) is 0 Å². The van der Waals surface area contributed by atoms with E-state index in [-0.39, 0.29) is 16.2 Å². The quantitative estimate of drug-likeness (QED) is 0.869. The lowest BCUT2D eigenvalue weighted by Crippen LogP contribution is -2.13. The predicted molar refractivity (Wildman–Crippen MR) is 78.0 cm³/mol. The highest BCUT2D eigenvalue weighted by molar-refractivity contribution is 9.10. The van der Waals surface area contributed by atoms with Gasteiger partial charge < -0.3 is 5.32 Å². The third-order valence-electron chi connectivity index (χ3n) is 2.82. The minimum absolute atomic E-state index is 0.255. The van der Waals surface area contributed by atoms with Gasteiger partial charge in [0.05, 0.1) is 4.47 Å². The van der Waals surface area contributed by atoms with Crippen molar-refractivity contribution in [3.63, 3.8) is 0 Å². The molecule has 2 rings (SSSR count). The number of benzene rings is 2. The molecule has 0 saturated heterocycles. The summed E-state index contributed by atoms with van der Waals surface area (Å²) in [6, 6.07) is 10.0. The van der Waals surface area contributed by atoms with Gasteiger partial charge in [-0.25, -0.2) is 4.39 Å². The molecule has 0 heterocycles. The molecule has 0 aliphatic heterocycles. The maximum absolute atomic E-state index is 13.1. The van der Waals surface area contributed by atoms with Crippen LogP contribution in [0, 0.1) is 19.7 Å². The number of rotatable bonds is 2. The van der Waals surface area contributed by atoms with E-state index in [0.717, 1.165) is 16.8 Å². The first-order valence-corrected chi connectivity index (χ1v) is 6.60. The lowest BCUT2D eigenvalue weighted by atomic mass is 10.1. The minimum atomic E-state index is -0.386. The Morgan fingerprint density at radius 1 is 1.16 bits per heavy atom. The first-order valence-electron chi connectivity index (χ1n) is 5.81. The summed E-state index contributed by atoms with van der Waals surface area (Å²) in [7, 11) is 0. The molecule has 0 bridgehead atoms. The van der Waals surface area contributed by atoms with E-state index < -0.39 is 0 Å². The molecule has 2 aromatic carbocycles. The van der Waals surface area contributed by atoms with Crippen molar-refractivity contribution in [2.24, 2.45) is 0 Å². The molecule has 0 aliphatic rings. The Morgan fingerprint density at radius 3 is 2.58 bits per heavy atom. The summed E-state index contributed by atoms with van der Waals surface area (Å²) in [4.78, 5) is 12.1. The normalized spacial score (nSPS) is 10.3. The number of amides is 1. The maximum atomic E-state index is 13.1. The molecule has 1 amide bonds. The van der Waals surface area contributed by atoms with Crippen LogP contribution >= 0.6 is 15.9 Å². The number of carbonyl (C=O) groups excluding carboxylic acids is 1. The zero-order valence-electron chi connectivity index (χ0n) is 10.6. The molecule has 2 aromatic rings. The number of halogens is 2. The number of carbonyl (C=O) groups is 1. The highest BCUT2D eigenvalue weighted by Crippen LogP contribution is 2.20. The van der Waals surface area contributed by atoms with Crippen LogP contribution < -0.4 is 5.32 Å². The van der Waals surface area contributed by atoms with E-state index in [9.17, 15) is 9.18 Å². The molecule has 4 heteroatoms. The number of hydrogen-bond acceptors (Lipinski definition) is 1. The van der Waals surface area contributed by atoms with Crippen molar-refractivity contribution in [3.05, 3.63) is 63.4 Å². The van der Waals surface area contributed by atoms with Gasteiger partial charge in [-0.1, -0.05) is 12.1 Å². The van der Waals surface area contributed by atoms with E-state index >= 15 is 0 Å². The molecule has 0 spiro atoms.